The Labute approximate surface area is 332 Å². The summed E-state index contributed by atoms with van der Waals surface area (Å²) in [4.78, 5) is 14.1. The number of aromatic amines is 2. The zero-order valence-electron chi connectivity index (χ0n) is 29.1. The Balaban J connectivity index is 0.000000215. The number of aromatic hydroxyl groups is 1. The van der Waals surface area contributed by atoms with Gasteiger partial charge in [-0.3, -0.25) is 0 Å². The molecule has 0 bridgehead atoms. The minimum atomic E-state index is -0.515. The van der Waals surface area contributed by atoms with Crippen molar-refractivity contribution in [2.24, 2.45) is 0 Å². The first-order valence-electron chi connectivity index (χ1n) is 16.4. The molecule has 0 amide bonds. The van der Waals surface area contributed by atoms with Crippen molar-refractivity contribution >= 4 is 61.8 Å². The second-order valence-corrected chi connectivity index (χ2v) is 17.4. The Hall–Kier alpha value is -4.54. The Kier molecular flexibility index (Phi) is 16.5. The van der Waals surface area contributed by atoms with E-state index in [2.05, 4.69) is 84.8 Å². The highest BCUT2D eigenvalue weighted by atomic mass is 79.9. The van der Waals surface area contributed by atoms with Crippen LogP contribution < -0.4 is 24.8 Å². The zero-order valence-corrected chi connectivity index (χ0v) is 33.9. The molecule has 0 fully saturated rings. The topological polar surface area (TPSA) is 129 Å². The van der Waals surface area contributed by atoms with Crippen LogP contribution in [0.25, 0.3) is 0 Å². The molecule has 0 aliphatic carbocycles. The Morgan fingerprint density at radius 3 is 1.53 bits per heavy atom. The predicted molar refractivity (Wildman–Crippen MR) is 217 cm³/mol. The molecule has 6 aromatic rings. The molecule has 278 valence electrons. The van der Waals surface area contributed by atoms with Gasteiger partial charge in [0.2, 0.25) is 0 Å². The maximum absolute atomic E-state index is 14.4. The van der Waals surface area contributed by atoms with E-state index in [0.29, 0.717) is 36.0 Å². The lowest BCUT2D eigenvalue weighted by Crippen LogP contribution is -2.01. The molecule has 0 aliphatic heterocycles. The highest BCUT2D eigenvalue weighted by molar-refractivity contribution is 9.69. The van der Waals surface area contributed by atoms with Crippen LogP contribution in [-0.4, -0.2) is 35.3 Å². The first-order valence-corrected chi connectivity index (χ1v) is 19.1. The third kappa shape index (κ3) is 13.4. The maximum atomic E-state index is 14.4. The molecule has 2 aromatic heterocycles. The number of ether oxygens (including phenoxy) is 3. The number of methoxy groups -OCH3 is 1. The van der Waals surface area contributed by atoms with E-state index in [9.17, 15) is 13.9 Å². The highest BCUT2D eigenvalue weighted by Crippen LogP contribution is 2.35. The van der Waals surface area contributed by atoms with Gasteiger partial charge in [0.1, 0.15) is 11.6 Å². The van der Waals surface area contributed by atoms with Crippen LogP contribution in [0.5, 0.6) is 34.5 Å². The van der Waals surface area contributed by atoms with Crippen LogP contribution >= 0.6 is 47.3 Å². The van der Waals surface area contributed by atoms with Gasteiger partial charge in [0.05, 0.1) is 20.2 Å². The van der Waals surface area contributed by atoms with Gasteiger partial charge in [0, 0.05) is 48.3 Å². The lowest BCUT2D eigenvalue weighted by atomic mass is 10.1. The largest absolute Gasteiger partial charge is 0.504 e. The molecule has 0 saturated heterocycles. The van der Waals surface area contributed by atoms with Gasteiger partial charge in [-0.15, -0.1) is 47.3 Å². The molecule has 5 N–H and O–H groups in total. The van der Waals surface area contributed by atoms with E-state index < -0.39 is 11.6 Å². The number of phenolic OH excluding ortho intramolecular Hbond substituents is 1. The summed E-state index contributed by atoms with van der Waals surface area (Å²) < 4.78 is 45.3. The molecule has 0 radical (unpaired) electrons. The van der Waals surface area contributed by atoms with E-state index >= 15 is 0 Å². The van der Waals surface area contributed by atoms with Crippen molar-refractivity contribution in [1.29, 1.82) is 0 Å². The van der Waals surface area contributed by atoms with Crippen LogP contribution in [0.15, 0.2) is 97.6 Å². The van der Waals surface area contributed by atoms with Crippen molar-refractivity contribution in [2.45, 2.75) is 39.8 Å². The minimum Gasteiger partial charge on any atom is -0.504 e. The molecule has 2 heterocycles. The molecule has 0 saturated carbocycles. The Morgan fingerprint density at radius 2 is 1.11 bits per heavy atom. The molecule has 0 unspecified atom stereocenters. The number of aromatic nitrogens is 4. The van der Waals surface area contributed by atoms with Crippen molar-refractivity contribution in [1.82, 2.24) is 19.9 Å². The van der Waals surface area contributed by atoms with Crippen molar-refractivity contribution in [3.63, 3.8) is 0 Å². The van der Waals surface area contributed by atoms with Gasteiger partial charge in [-0.25, -0.2) is 18.7 Å². The van der Waals surface area contributed by atoms with Crippen molar-refractivity contribution in [3.05, 3.63) is 132 Å². The second kappa shape index (κ2) is 21.2. The van der Waals surface area contributed by atoms with Crippen LogP contribution in [0.4, 0.5) is 20.2 Å². The average molecular weight is 919 g/mol. The second-order valence-electron chi connectivity index (χ2n) is 11.0. The predicted octanol–water partition coefficient (Wildman–Crippen LogP) is 10.9. The SMILES string of the molecule is BrB(Br)Br.CCc1ccc(Oc2ccc(NCc3ncc[nH]3)cc2F)c(O)c1.CCc1ccc(Oc2ccc(NCc3ncc[nH]3)cc2F)c(OC)c1. The Bertz CT molecular complexity index is 2000. The van der Waals surface area contributed by atoms with E-state index in [-0.39, 0.29) is 26.2 Å². The molecular weight excluding hydrogens is 881 g/mol. The lowest BCUT2D eigenvalue weighted by Gasteiger charge is -2.13. The minimum absolute atomic E-state index is 0.00577. The molecule has 10 nitrogen and oxygen atoms in total. The first-order chi connectivity index (χ1) is 25.6. The number of benzene rings is 4. The van der Waals surface area contributed by atoms with Crippen LogP contribution in [-0.2, 0) is 25.9 Å². The number of nitrogens with zero attached hydrogens (tertiary/aromatic N) is 2. The van der Waals surface area contributed by atoms with Gasteiger partial charge in [0.15, 0.2) is 46.1 Å². The molecule has 0 aliphatic rings. The molecule has 0 atom stereocenters. The normalized spacial score (nSPS) is 10.3. The molecule has 16 heteroatoms. The van der Waals surface area contributed by atoms with Crippen molar-refractivity contribution < 1.29 is 28.1 Å². The van der Waals surface area contributed by atoms with Crippen molar-refractivity contribution in [2.75, 3.05) is 17.7 Å². The summed E-state index contributed by atoms with van der Waals surface area (Å²) in [6.45, 7) is 5.00. The molecule has 53 heavy (non-hydrogen) atoms. The quantitative estimate of drug-likeness (QED) is 0.0725. The van der Waals surface area contributed by atoms with E-state index in [1.54, 1.807) is 68.3 Å². The van der Waals surface area contributed by atoms with Gasteiger partial charge >= 0.3 is 3.18 Å². The van der Waals surface area contributed by atoms with Gasteiger partial charge in [-0.05, 0) is 72.5 Å². The van der Waals surface area contributed by atoms with E-state index in [0.717, 1.165) is 35.6 Å². The number of hydrogen-bond acceptors (Lipinski definition) is 8. The van der Waals surface area contributed by atoms with Crippen LogP contribution in [0.1, 0.15) is 36.6 Å². The number of rotatable bonds is 13. The number of nitrogens with one attached hydrogen (secondary N) is 4. The van der Waals surface area contributed by atoms with Crippen LogP contribution in [0, 0.1) is 11.6 Å². The summed E-state index contributed by atoms with van der Waals surface area (Å²) in [6, 6.07) is 20.0. The standard InChI is InChI=1S/C19H20FN3O2.C18H18FN3O2.BBr3/c1-3-13-4-6-17(18(10-13)24-2)25-16-7-5-14(11-15(16)20)23-12-19-21-8-9-22-19;1-2-12-3-5-17(15(23)9-12)24-16-6-4-13(10-14(16)19)22-11-18-20-7-8-21-18;2-1(3)4/h4-11,23H,3,12H2,1-2H3,(H,21,22);3-10,22-23H,2,11H2,1H3,(H,20,21);. The Morgan fingerprint density at radius 1 is 0.660 bits per heavy atom. The zero-order chi connectivity index (χ0) is 38.2. The van der Waals surface area contributed by atoms with Gasteiger partial charge in [-0.2, -0.15) is 0 Å². The fraction of sp³-hybridized carbons (Fsp3) is 0.189. The number of halogens is 5. The van der Waals surface area contributed by atoms with Gasteiger partial charge < -0.3 is 39.9 Å². The lowest BCUT2D eigenvalue weighted by molar-refractivity contribution is 0.370. The number of aryl methyl sites for hydroxylation is 2. The molecule has 4 aromatic carbocycles. The highest BCUT2D eigenvalue weighted by Gasteiger charge is 2.12. The molecular formula is C37H38BBr3F2N6O4. The molecule has 6 rings (SSSR count). The molecule has 0 spiro atoms. The van der Waals surface area contributed by atoms with Crippen molar-refractivity contribution in [3.8, 4) is 34.5 Å². The summed E-state index contributed by atoms with van der Waals surface area (Å²) in [5, 5.41) is 16.1. The fourth-order valence-electron chi connectivity index (χ4n) is 4.67. The van der Waals surface area contributed by atoms with Gasteiger partial charge in [-0.1, -0.05) is 26.0 Å². The van der Waals surface area contributed by atoms with Crippen LogP contribution in [0.2, 0.25) is 0 Å². The van der Waals surface area contributed by atoms with E-state index in [4.69, 9.17) is 14.2 Å². The third-order valence-corrected chi connectivity index (χ3v) is 7.40. The number of anilines is 2. The average Bonchev–Trinajstić information content (AvgIpc) is 3.88. The van der Waals surface area contributed by atoms with E-state index in [1.807, 2.05) is 25.1 Å². The summed E-state index contributed by atoms with van der Waals surface area (Å²) >= 11 is 9.31. The third-order valence-electron chi connectivity index (χ3n) is 7.40. The maximum Gasteiger partial charge on any atom is 0.369 e. The number of phenols is 1. The smallest absolute Gasteiger partial charge is 0.369 e. The number of hydrogen-bond donors (Lipinski definition) is 5. The number of imidazole rings is 2. The summed E-state index contributed by atoms with van der Waals surface area (Å²) in [5.41, 5.74) is 3.37. The summed E-state index contributed by atoms with van der Waals surface area (Å²) in [7, 11) is 1.57. The van der Waals surface area contributed by atoms with Crippen LogP contribution in [0.3, 0.4) is 0 Å². The number of H-pyrrole nitrogens is 2. The first kappa shape index (κ1) is 41.2. The summed E-state index contributed by atoms with van der Waals surface area (Å²) in [6.07, 6.45) is 8.49. The monoisotopic (exact) mass is 916 g/mol. The van der Waals surface area contributed by atoms with Gasteiger partial charge in [0.25, 0.3) is 0 Å². The van der Waals surface area contributed by atoms with E-state index in [1.165, 1.54) is 18.2 Å². The fourth-order valence-corrected chi connectivity index (χ4v) is 4.67. The summed E-state index contributed by atoms with van der Waals surface area (Å²) in [5.74, 6) is 2.05.